The van der Waals surface area contributed by atoms with Crippen LogP contribution in [0.1, 0.15) is 107 Å². The van der Waals surface area contributed by atoms with E-state index in [9.17, 15) is 46.0 Å². The Bertz CT molecular complexity index is 1390. The van der Waals surface area contributed by atoms with Gasteiger partial charge in [0.05, 0.1) is 48.8 Å². The van der Waals surface area contributed by atoms with Gasteiger partial charge in [-0.3, -0.25) is 0 Å². The normalized spacial score (nSPS) is 56.8. The summed E-state index contributed by atoms with van der Waals surface area (Å²) in [5.74, 6) is -0.233. The third kappa shape index (κ3) is 6.50. The Hall–Kier alpha value is -0.560. The third-order valence-corrected chi connectivity index (χ3v) is 17.0. The predicted octanol–water partition coefficient (Wildman–Crippen LogP) is 0.970. The van der Waals surface area contributed by atoms with Crippen molar-refractivity contribution in [2.24, 2.45) is 45.3 Å². The molecule has 0 aromatic carbocycles. The molecule has 21 atom stereocenters. The van der Waals surface area contributed by atoms with Crippen molar-refractivity contribution in [3.8, 4) is 0 Å². The summed E-state index contributed by atoms with van der Waals surface area (Å²) in [6.07, 6.45) is -9.89. The minimum absolute atomic E-state index is 0.0590. The van der Waals surface area contributed by atoms with E-state index in [-0.39, 0.29) is 41.8 Å². The average molecular weight is 787 g/mol. The molecule has 0 aromatic rings. The summed E-state index contributed by atoms with van der Waals surface area (Å²) in [6, 6.07) is 0. The van der Waals surface area contributed by atoms with Crippen molar-refractivity contribution in [1.82, 2.24) is 0 Å². The smallest absolute Gasteiger partial charge is 0.187 e. The zero-order valence-corrected chi connectivity index (χ0v) is 34.0. The van der Waals surface area contributed by atoms with Crippen LogP contribution in [0.2, 0.25) is 0 Å². The molecule has 0 spiro atoms. The molecule has 7 rings (SSSR count). The van der Waals surface area contributed by atoms with Gasteiger partial charge in [0.25, 0.3) is 0 Å². The number of ether oxygens (including phenoxy) is 5. The summed E-state index contributed by atoms with van der Waals surface area (Å²) >= 11 is 0. The summed E-state index contributed by atoms with van der Waals surface area (Å²) < 4.78 is 31.6. The number of hydrogen-bond acceptors (Lipinski definition) is 14. The van der Waals surface area contributed by atoms with Crippen molar-refractivity contribution in [1.29, 1.82) is 0 Å². The first kappa shape index (κ1) is 42.6. The first-order chi connectivity index (χ1) is 25.4. The summed E-state index contributed by atoms with van der Waals surface area (Å²) in [5, 5.41) is 98.7. The summed E-state index contributed by atoms with van der Waals surface area (Å²) in [7, 11) is 0. The summed E-state index contributed by atoms with van der Waals surface area (Å²) in [4.78, 5) is 0. The van der Waals surface area contributed by atoms with Gasteiger partial charge in [0.1, 0.15) is 42.7 Å². The molecule has 0 amide bonds. The molecule has 0 aromatic heterocycles. The molecular weight excluding hydrogens is 716 g/mol. The second-order valence-corrected chi connectivity index (χ2v) is 20.8. The van der Waals surface area contributed by atoms with Crippen LogP contribution in [0, 0.1) is 45.3 Å². The fourth-order valence-electron chi connectivity index (χ4n) is 13.9. The van der Waals surface area contributed by atoms with E-state index in [1.54, 1.807) is 13.8 Å². The zero-order chi connectivity index (χ0) is 40.4. The highest BCUT2D eigenvalue weighted by atomic mass is 16.8. The third-order valence-electron chi connectivity index (χ3n) is 17.0. The van der Waals surface area contributed by atoms with E-state index >= 15 is 0 Å². The van der Waals surface area contributed by atoms with Crippen molar-refractivity contribution < 1.29 is 69.6 Å². The second-order valence-electron chi connectivity index (χ2n) is 20.8. The first-order valence-electron chi connectivity index (χ1n) is 20.8. The van der Waals surface area contributed by atoms with E-state index in [4.69, 9.17) is 23.7 Å². The standard InChI is InChI=1S/C41H70O14/c1-36(2)25(45)10-12-38(5)24-15-20(43)27-19(41(8)14-11-26(55-41)37(3,4)50)9-13-39(27,6)40(24,7)16-22(33(36)38)52-35-32(30(48)29(47)23(17-42)53-35)54-34-31(49)28(46)21(44)18-51-34/h19-35,42-50H,9-18H2,1-8H3/t19?,20-,21-,22+,23-,24-,25+,26+,27+,28+,29-,30+,31-,32-,33+,34+,35-,38-,39-,40-,41+/m1/s1. The number of aliphatic hydroxyl groups excluding tert-OH is 8. The molecule has 14 nitrogen and oxygen atoms in total. The Labute approximate surface area is 325 Å². The van der Waals surface area contributed by atoms with Crippen molar-refractivity contribution in [2.75, 3.05) is 13.2 Å². The van der Waals surface area contributed by atoms with Gasteiger partial charge in [0, 0.05) is 0 Å². The van der Waals surface area contributed by atoms with E-state index in [1.165, 1.54) is 0 Å². The van der Waals surface area contributed by atoms with Gasteiger partial charge in [-0.05, 0) is 117 Å². The maximum atomic E-state index is 12.4. The predicted molar refractivity (Wildman–Crippen MR) is 196 cm³/mol. The molecule has 3 heterocycles. The SMILES string of the molecule is CC(C)(O)[C@@H]1CC[C@@](C)(C2CC[C@]3(C)[C@@H]2[C@H](O)C[C@@H]2[C@@]4(C)CC[C@H](O)C(C)(C)[C@@H]4[C@@H](O[C@@H]4O[C@H](CO)[C@@H](O)[C@H](O)[C@H]4O[C@@H]4OC[C@@H](O)[C@H](O)[C@H]4O)C[C@]23C)O1. The summed E-state index contributed by atoms with van der Waals surface area (Å²) in [5.41, 5.74) is -3.33. The highest BCUT2D eigenvalue weighted by Gasteiger charge is 2.74. The molecule has 3 aliphatic heterocycles. The van der Waals surface area contributed by atoms with Crippen LogP contribution >= 0.6 is 0 Å². The number of fused-ring (bicyclic) bond motifs is 5. The molecule has 318 valence electrons. The van der Waals surface area contributed by atoms with Crippen LogP contribution in [0.4, 0.5) is 0 Å². The molecule has 14 heteroatoms. The van der Waals surface area contributed by atoms with Gasteiger partial charge >= 0.3 is 0 Å². The molecule has 9 N–H and O–H groups in total. The van der Waals surface area contributed by atoms with Gasteiger partial charge in [-0.25, -0.2) is 0 Å². The lowest BCUT2D eigenvalue weighted by Gasteiger charge is -2.72. The Morgan fingerprint density at radius 2 is 1.44 bits per heavy atom. The van der Waals surface area contributed by atoms with Gasteiger partial charge in [0.2, 0.25) is 0 Å². The van der Waals surface area contributed by atoms with Crippen LogP contribution in [0.5, 0.6) is 0 Å². The van der Waals surface area contributed by atoms with E-state index in [2.05, 4.69) is 41.5 Å². The fourth-order valence-corrected chi connectivity index (χ4v) is 13.9. The van der Waals surface area contributed by atoms with Crippen LogP contribution in [0.3, 0.4) is 0 Å². The number of hydrogen-bond donors (Lipinski definition) is 9. The summed E-state index contributed by atoms with van der Waals surface area (Å²) in [6.45, 7) is 15.8. The Morgan fingerprint density at radius 3 is 2.07 bits per heavy atom. The average Bonchev–Trinajstić information content (AvgIpc) is 3.70. The second kappa shape index (κ2) is 14.3. The first-order valence-corrected chi connectivity index (χ1v) is 20.8. The largest absolute Gasteiger partial charge is 0.394 e. The van der Waals surface area contributed by atoms with Gasteiger partial charge < -0.3 is 69.6 Å². The van der Waals surface area contributed by atoms with Crippen molar-refractivity contribution in [3.05, 3.63) is 0 Å². The van der Waals surface area contributed by atoms with Gasteiger partial charge in [0.15, 0.2) is 12.6 Å². The van der Waals surface area contributed by atoms with Gasteiger partial charge in [-0.1, -0.05) is 34.6 Å². The Kier molecular flexibility index (Phi) is 11.1. The fraction of sp³-hybridized carbons (Fsp3) is 1.00. The molecule has 4 aliphatic carbocycles. The zero-order valence-electron chi connectivity index (χ0n) is 34.0. The topological polar surface area (TPSA) is 228 Å². The molecule has 7 fully saturated rings. The lowest BCUT2D eigenvalue weighted by atomic mass is 9.34. The van der Waals surface area contributed by atoms with Gasteiger partial charge in [-0.15, -0.1) is 0 Å². The molecule has 55 heavy (non-hydrogen) atoms. The lowest BCUT2D eigenvalue weighted by Crippen LogP contribution is -2.71. The van der Waals surface area contributed by atoms with Gasteiger partial charge in [-0.2, -0.15) is 0 Å². The lowest BCUT2D eigenvalue weighted by molar-refractivity contribution is -0.377. The quantitative estimate of drug-likeness (QED) is 0.164. The minimum atomic E-state index is -1.68. The van der Waals surface area contributed by atoms with Crippen molar-refractivity contribution in [3.63, 3.8) is 0 Å². The highest BCUT2D eigenvalue weighted by Crippen LogP contribution is 2.76. The maximum absolute atomic E-state index is 12.4. The molecule has 4 saturated carbocycles. The molecule has 1 unspecified atom stereocenters. The van der Waals surface area contributed by atoms with E-state index in [1.807, 2.05) is 0 Å². The molecule has 0 bridgehead atoms. The number of aliphatic hydroxyl groups is 9. The van der Waals surface area contributed by atoms with Crippen LogP contribution in [0.15, 0.2) is 0 Å². The van der Waals surface area contributed by atoms with Crippen LogP contribution in [-0.2, 0) is 23.7 Å². The van der Waals surface area contributed by atoms with Crippen LogP contribution in [-0.4, -0.2) is 150 Å². The molecule has 3 saturated heterocycles. The van der Waals surface area contributed by atoms with E-state index in [0.717, 1.165) is 25.7 Å². The maximum Gasteiger partial charge on any atom is 0.187 e. The Morgan fingerprint density at radius 1 is 0.745 bits per heavy atom. The van der Waals surface area contributed by atoms with Crippen LogP contribution < -0.4 is 0 Å². The monoisotopic (exact) mass is 786 g/mol. The minimum Gasteiger partial charge on any atom is -0.394 e. The van der Waals surface area contributed by atoms with Crippen molar-refractivity contribution in [2.45, 2.75) is 198 Å². The van der Waals surface area contributed by atoms with E-state index in [0.29, 0.717) is 25.7 Å². The molecular formula is C41H70O14. The molecule has 0 radical (unpaired) electrons. The molecule has 7 aliphatic rings. The van der Waals surface area contributed by atoms with E-state index < -0.39 is 108 Å². The van der Waals surface area contributed by atoms with Crippen LogP contribution in [0.25, 0.3) is 0 Å². The van der Waals surface area contributed by atoms with Crippen molar-refractivity contribution >= 4 is 0 Å². The highest BCUT2D eigenvalue weighted by molar-refractivity contribution is 5.22. The Balaban J connectivity index is 1.25. The number of rotatable bonds is 7.